The van der Waals surface area contributed by atoms with Crippen LogP contribution in [0, 0.1) is 6.92 Å². The lowest BCUT2D eigenvalue weighted by Gasteiger charge is -2.11. The number of rotatable bonds is 3. The molecule has 0 saturated carbocycles. The first-order chi connectivity index (χ1) is 6.20. The molecular weight excluding hydrogens is 170 g/mol. The highest BCUT2D eigenvalue weighted by Gasteiger charge is 2.12. The second-order valence-corrected chi connectivity index (χ2v) is 2.68. The van der Waals surface area contributed by atoms with Gasteiger partial charge >= 0.3 is 0 Å². The summed E-state index contributed by atoms with van der Waals surface area (Å²) in [5.74, 6) is 0.494. The molecule has 1 aromatic rings. The Morgan fingerprint density at radius 3 is 2.85 bits per heavy atom. The number of aliphatic hydroxyl groups excluding tert-OH is 1. The molecule has 0 radical (unpaired) electrons. The predicted molar refractivity (Wildman–Crippen MR) is 47.3 cm³/mol. The maximum absolute atomic E-state index is 8.85. The summed E-state index contributed by atoms with van der Waals surface area (Å²) in [5, 5.41) is 8.85. The second kappa shape index (κ2) is 4.15. The van der Waals surface area contributed by atoms with Gasteiger partial charge in [-0.1, -0.05) is 0 Å². The van der Waals surface area contributed by atoms with Gasteiger partial charge in [0.15, 0.2) is 0 Å². The van der Waals surface area contributed by atoms with Gasteiger partial charge in [-0.15, -0.1) is 0 Å². The number of hydrogen-bond donors (Lipinski definition) is 2. The lowest BCUT2D eigenvalue weighted by Crippen LogP contribution is -2.18. The fourth-order valence-corrected chi connectivity index (χ4v) is 1.11. The van der Waals surface area contributed by atoms with Gasteiger partial charge in [0.05, 0.1) is 25.5 Å². The van der Waals surface area contributed by atoms with Gasteiger partial charge in [0.25, 0.3) is 0 Å². The molecule has 13 heavy (non-hydrogen) atoms. The van der Waals surface area contributed by atoms with Crippen LogP contribution in [0.1, 0.15) is 17.3 Å². The first kappa shape index (κ1) is 9.88. The third kappa shape index (κ3) is 1.93. The molecular formula is C8H13N3O2. The summed E-state index contributed by atoms with van der Waals surface area (Å²) in [6.07, 6.45) is 1.37. The van der Waals surface area contributed by atoms with Crippen LogP contribution in [0.25, 0.3) is 0 Å². The number of nitrogens with zero attached hydrogens (tertiary/aromatic N) is 2. The highest BCUT2D eigenvalue weighted by atomic mass is 16.5. The zero-order valence-corrected chi connectivity index (χ0v) is 7.69. The number of methoxy groups -OCH3 is 1. The summed E-state index contributed by atoms with van der Waals surface area (Å²) >= 11 is 0. The minimum Gasteiger partial charge on any atom is -0.481 e. The molecule has 0 aliphatic rings. The molecule has 0 aromatic carbocycles. The number of aromatic nitrogens is 2. The second-order valence-electron chi connectivity index (χ2n) is 2.68. The molecule has 0 aliphatic heterocycles. The zero-order chi connectivity index (χ0) is 9.84. The van der Waals surface area contributed by atoms with Crippen LogP contribution in [-0.4, -0.2) is 28.8 Å². The topological polar surface area (TPSA) is 81.3 Å². The predicted octanol–water partition coefficient (Wildman–Crippen LogP) is -0.214. The lowest BCUT2D eigenvalue weighted by molar-refractivity contribution is 0.264. The smallest absolute Gasteiger partial charge is 0.219 e. The maximum atomic E-state index is 8.85. The molecule has 0 fully saturated rings. The molecule has 1 atom stereocenters. The van der Waals surface area contributed by atoms with Crippen molar-refractivity contribution in [3.05, 3.63) is 17.6 Å². The average Bonchev–Trinajstić information content (AvgIpc) is 2.17. The molecule has 5 heteroatoms. The Morgan fingerprint density at radius 1 is 1.62 bits per heavy atom. The number of nitrogens with two attached hydrogens (primary N) is 1. The molecule has 0 bridgehead atoms. The van der Waals surface area contributed by atoms with Crippen molar-refractivity contribution in [2.45, 2.75) is 13.0 Å². The molecule has 1 rings (SSSR count). The number of hydrogen-bond acceptors (Lipinski definition) is 5. The Kier molecular flexibility index (Phi) is 3.16. The van der Waals surface area contributed by atoms with Crippen LogP contribution in [0.3, 0.4) is 0 Å². The summed E-state index contributed by atoms with van der Waals surface area (Å²) in [7, 11) is 1.53. The molecule has 0 amide bonds. The first-order valence-electron chi connectivity index (χ1n) is 3.92. The van der Waals surface area contributed by atoms with E-state index in [0.717, 1.165) is 5.56 Å². The van der Waals surface area contributed by atoms with E-state index in [9.17, 15) is 0 Å². The van der Waals surface area contributed by atoms with E-state index in [1.165, 1.54) is 13.4 Å². The molecule has 1 heterocycles. The quantitative estimate of drug-likeness (QED) is 0.677. The maximum Gasteiger partial charge on any atom is 0.219 e. The van der Waals surface area contributed by atoms with Crippen LogP contribution in [0.5, 0.6) is 5.88 Å². The minimum atomic E-state index is -0.475. The standard InChI is InChI=1S/C8H13N3O2/c1-5-7(6(9)3-12)10-4-11-8(5)13-2/h4,6,12H,3,9H2,1-2H3. The molecule has 3 N–H and O–H groups in total. The fraction of sp³-hybridized carbons (Fsp3) is 0.500. The van der Waals surface area contributed by atoms with Crippen LogP contribution in [-0.2, 0) is 0 Å². The monoisotopic (exact) mass is 183 g/mol. The number of aliphatic hydroxyl groups is 1. The molecule has 1 aromatic heterocycles. The van der Waals surface area contributed by atoms with E-state index < -0.39 is 6.04 Å². The van der Waals surface area contributed by atoms with Crippen LogP contribution in [0.4, 0.5) is 0 Å². The van der Waals surface area contributed by atoms with Crippen LogP contribution in [0.15, 0.2) is 6.33 Å². The Morgan fingerprint density at radius 2 is 2.31 bits per heavy atom. The Hall–Kier alpha value is -1.20. The van der Waals surface area contributed by atoms with Crippen molar-refractivity contribution in [3.63, 3.8) is 0 Å². The van der Waals surface area contributed by atoms with Crippen LogP contribution in [0.2, 0.25) is 0 Å². The van der Waals surface area contributed by atoms with E-state index in [0.29, 0.717) is 11.6 Å². The van der Waals surface area contributed by atoms with Crippen LogP contribution < -0.4 is 10.5 Å². The van der Waals surface area contributed by atoms with Crippen LogP contribution >= 0.6 is 0 Å². The lowest BCUT2D eigenvalue weighted by atomic mass is 10.1. The van der Waals surface area contributed by atoms with Gasteiger partial charge in [0.2, 0.25) is 5.88 Å². The van der Waals surface area contributed by atoms with Crippen molar-refractivity contribution in [2.75, 3.05) is 13.7 Å². The van der Waals surface area contributed by atoms with Crippen molar-refractivity contribution in [1.82, 2.24) is 9.97 Å². The van der Waals surface area contributed by atoms with E-state index in [-0.39, 0.29) is 6.61 Å². The molecule has 0 saturated heterocycles. The highest BCUT2D eigenvalue weighted by Crippen LogP contribution is 2.19. The normalized spacial score (nSPS) is 12.6. The summed E-state index contributed by atoms with van der Waals surface area (Å²) in [4.78, 5) is 7.89. The summed E-state index contributed by atoms with van der Waals surface area (Å²) < 4.78 is 4.99. The molecule has 1 unspecified atom stereocenters. The van der Waals surface area contributed by atoms with Gasteiger partial charge in [-0.05, 0) is 6.92 Å². The van der Waals surface area contributed by atoms with Gasteiger partial charge in [0.1, 0.15) is 6.33 Å². The van der Waals surface area contributed by atoms with E-state index >= 15 is 0 Å². The summed E-state index contributed by atoms with van der Waals surface area (Å²) in [6.45, 7) is 1.67. The summed E-state index contributed by atoms with van der Waals surface area (Å²) in [5.41, 5.74) is 7.01. The van der Waals surface area contributed by atoms with Gasteiger partial charge in [0, 0.05) is 5.56 Å². The highest BCUT2D eigenvalue weighted by molar-refractivity contribution is 5.29. The Labute approximate surface area is 76.6 Å². The zero-order valence-electron chi connectivity index (χ0n) is 7.69. The first-order valence-corrected chi connectivity index (χ1v) is 3.92. The third-order valence-electron chi connectivity index (χ3n) is 1.82. The number of ether oxygens (including phenoxy) is 1. The van der Waals surface area contributed by atoms with E-state index in [1.807, 2.05) is 6.92 Å². The average molecular weight is 183 g/mol. The third-order valence-corrected chi connectivity index (χ3v) is 1.82. The van der Waals surface area contributed by atoms with E-state index in [1.54, 1.807) is 0 Å². The molecule has 5 nitrogen and oxygen atoms in total. The van der Waals surface area contributed by atoms with Crippen molar-refractivity contribution in [2.24, 2.45) is 5.73 Å². The van der Waals surface area contributed by atoms with Crippen molar-refractivity contribution in [1.29, 1.82) is 0 Å². The molecule has 0 aliphatic carbocycles. The molecule has 72 valence electrons. The fourth-order valence-electron chi connectivity index (χ4n) is 1.11. The Bertz CT molecular complexity index is 291. The minimum absolute atomic E-state index is 0.138. The van der Waals surface area contributed by atoms with Crippen molar-refractivity contribution in [3.8, 4) is 5.88 Å². The Balaban J connectivity index is 3.08. The van der Waals surface area contributed by atoms with Gasteiger partial charge < -0.3 is 15.6 Å². The largest absolute Gasteiger partial charge is 0.481 e. The van der Waals surface area contributed by atoms with Gasteiger partial charge in [-0.3, -0.25) is 0 Å². The van der Waals surface area contributed by atoms with Crippen molar-refractivity contribution < 1.29 is 9.84 Å². The SMILES string of the molecule is COc1ncnc(C(N)CO)c1C. The summed E-state index contributed by atoms with van der Waals surface area (Å²) in [6, 6.07) is -0.475. The van der Waals surface area contributed by atoms with Gasteiger partial charge in [-0.25, -0.2) is 9.97 Å². The van der Waals surface area contributed by atoms with E-state index in [4.69, 9.17) is 15.6 Å². The van der Waals surface area contributed by atoms with Gasteiger partial charge in [-0.2, -0.15) is 0 Å². The van der Waals surface area contributed by atoms with E-state index in [2.05, 4.69) is 9.97 Å². The molecule has 0 spiro atoms. The van der Waals surface area contributed by atoms with Crippen molar-refractivity contribution >= 4 is 0 Å².